The molecule has 2 atom stereocenters. The Morgan fingerprint density at radius 2 is 2.17 bits per heavy atom. The average molecular weight is 372 g/mol. The smallest absolute Gasteiger partial charge is 0.243 e. The normalized spacial score (nSPS) is 22.2. The summed E-state index contributed by atoms with van der Waals surface area (Å²) >= 11 is 0. The predicted molar refractivity (Wildman–Crippen MR) is 95.8 cm³/mol. The Hall–Kier alpha value is -1.25. The summed E-state index contributed by atoms with van der Waals surface area (Å²) in [5.74, 6) is 0. The van der Waals surface area contributed by atoms with Gasteiger partial charge in [0, 0.05) is 49.4 Å². The molecule has 3 rings (SSSR count). The quantitative estimate of drug-likeness (QED) is 0.885. The van der Waals surface area contributed by atoms with E-state index in [4.69, 9.17) is 10.5 Å². The fourth-order valence-corrected chi connectivity index (χ4v) is 5.06. The monoisotopic (exact) mass is 371 g/mol. The molecule has 132 valence electrons. The van der Waals surface area contributed by atoms with Gasteiger partial charge in [-0.15, -0.1) is 12.4 Å². The van der Waals surface area contributed by atoms with Gasteiger partial charge in [0.15, 0.2) is 0 Å². The maximum atomic E-state index is 13.2. The Kier molecular flexibility index (Phi) is 6.17. The number of hydrogen-bond acceptors (Lipinski definition) is 5. The third-order valence-corrected chi connectivity index (χ3v) is 6.46. The van der Waals surface area contributed by atoms with Gasteiger partial charge in [0.2, 0.25) is 10.0 Å². The van der Waals surface area contributed by atoms with Crippen LogP contribution in [-0.4, -0.2) is 50.1 Å². The van der Waals surface area contributed by atoms with E-state index in [0.29, 0.717) is 29.7 Å². The molecule has 1 saturated heterocycles. The van der Waals surface area contributed by atoms with Crippen molar-refractivity contribution in [2.45, 2.75) is 29.9 Å². The van der Waals surface area contributed by atoms with Crippen molar-refractivity contribution in [3.8, 4) is 0 Å². The van der Waals surface area contributed by atoms with E-state index in [9.17, 15) is 8.42 Å². The summed E-state index contributed by atoms with van der Waals surface area (Å²) in [7, 11) is -1.96. The molecule has 1 fully saturated rings. The number of fused-ring (bicyclic) bond motifs is 1. The fourth-order valence-electron chi connectivity index (χ4n) is 3.18. The molecule has 1 aliphatic rings. The van der Waals surface area contributed by atoms with Crippen LogP contribution in [0.15, 0.2) is 41.6 Å². The Balaban J connectivity index is 0.00000208. The molecule has 1 aliphatic heterocycles. The molecule has 6 nitrogen and oxygen atoms in total. The number of piperidine rings is 1. The summed E-state index contributed by atoms with van der Waals surface area (Å²) in [5.41, 5.74) is 5.83. The van der Waals surface area contributed by atoms with Gasteiger partial charge in [0.25, 0.3) is 0 Å². The number of sulfonamides is 1. The lowest BCUT2D eigenvalue weighted by molar-refractivity contribution is 0.0402. The highest BCUT2D eigenvalue weighted by atomic mass is 35.5. The zero-order valence-corrected chi connectivity index (χ0v) is 15.1. The van der Waals surface area contributed by atoms with Crippen LogP contribution in [0.5, 0.6) is 0 Å². The maximum Gasteiger partial charge on any atom is 0.243 e. The lowest BCUT2D eigenvalue weighted by Crippen LogP contribution is -2.51. The molecule has 0 aliphatic carbocycles. The molecule has 2 N–H and O–H groups in total. The fraction of sp³-hybridized carbons (Fsp3) is 0.438. The van der Waals surface area contributed by atoms with E-state index in [1.807, 2.05) is 6.07 Å². The zero-order valence-electron chi connectivity index (χ0n) is 13.5. The van der Waals surface area contributed by atoms with Crippen LogP contribution < -0.4 is 5.73 Å². The van der Waals surface area contributed by atoms with Crippen molar-refractivity contribution in [2.75, 3.05) is 20.2 Å². The molecule has 2 heterocycles. The van der Waals surface area contributed by atoms with Crippen molar-refractivity contribution >= 4 is 33.2 Å². The minimum atomic E-state index is -3.61. The number of benzene rings is 1. The lowest BCUT2D eigenvalue weighted by Gasteiger charge is -2.37. The Morgan fingerprint density at radius 1 is 1.38 bits per heavy atom. The van der Waals surface area contributed by atoms with Crippen molar-refractivity contribution in [2.24, 2.45) is 5.73 Å². The molecule has 2 unspecified atom stereocenters. The molecule has 1 aromatic heterocycles. The topological polar surface area (TPSA) is 85.5 Å². The summed E-state index contributed by atoms with van der Waals surface area (Å²) in [4.78, 5) is 4.37. The van der Waals surface area contributed by atoms with Gasteiger partial charge in [-0.1, -0.05) is 12.1 Å². The summed E-state index contributed by atoms with van der Waals surface area (Å²) < 4.78 is 33.2. The standard InChI is InChI=1S/C16H21N3O3S.ClH/c1-22-14-6-8-19(13(9-14)10-17)23(20,21)16-4-2-3-12-11-18-7-5-15(12)16;/h2-5,7,11,13-14H,6,8-10,17H2,1H3;1H. The predicted octanol–water partition coefficient (Wildman–Crippen LogP) is 1.78. The van der Waals surface area contributed by atoms with E-state index in [2.05, 4.69) is 4.98 Å². The van der Waals surface area contributed by atoms with E-state index >= 15 is 0 Å². The molecule has 0 radical (unpaired) electrons. The van der Waals surface area contributed by atoms with Crippen LogP contribution in [0, 0.1) is 0 Å². The number of nitrogens with zero attached hydrogens (tertiary/aromatic N) is 2. The Labute approximate surface area is 148 Å². The second-order valence-electron chi connectivity index (χ2n) is 5.74. The number of methoxy groups -OCH3 is 1. The van der Waals surface area contributed by atoms with Gasteiger partial charge in [0.05, 0.1) is 11.0 Å². The average Bonchev–Trinajstić information content (AvgIpc) is 2.60. The highest BCUT2D eigenvalue weighted by Crippen LogP contribution is 2.30. The van der Waals surface area contributed by atoms with E-state index in [1.165, 1.54) is 4.31 Å². The highest BCUT2D eigenvalue weighted by Gasteiger charge is 2.36. The summed E-state index contributed by atoms with van der Waals surface area (Å²) in [6.45, 7) is 0.704. The maximum absolute atomic E-state index is 13.2. The molecular weight excluding hydrogens is 350 g/mol. The van der Waals surface area contributed by atoms with Crippen molar-refractivity contribution in [1.82, 2.24) is 9.29 Å². The molecule has 0 saturated carbocycles. The number of rotatable bonds is 4. The van der Waals surface area contributed by atoms with Gasteiger partial charge in [0.1, 0.15) is 0 Å². The van der Waals surface area contributed by atoms with Crippen molar-refractivity contribution in [3.05, 3.63) is 36.7 Å². The van der Waals surface area contributed by atoms with Crippen LogP contribution in [0.3, 0.4) is 0 Å². The van der Waals surface area contributed by atoms with Gasteiger partial charge in [-0.2, -0.15) is 4.31 Å². The first-order chi connectivity index (χ1) is 11.1. The summed E-state index contributed by atoms with van der Waals surface area (Å²) in [6.07, 6.45) is 4.65. The summed E-state index contributed by atoms with van der Waals surface area (Å²) in [6, 6.07) is 6.75. The molecule has 8 heteroatoms. The van der Waals surface area contributed by atoms with Crippen molar-refractivity contribution < 1.29 is 13.2 Å². The third kappa shape index (κ3) is 3.41. The van der Waals surface area contributed by atoms with Gasteiger partial charge >= 0.3 is 0 Å². The van der Waals surface area contributed by atoms with Gasteiger partial charge in [-0.3, -0.25) is 4.98 Å². The number of aromatic nitrogens is 1. The minimum Gasteiger partial charge on any atom is -0.381 e. The molecule has 2 aromatic rings. The van der Waals surface area contributed by atoms with Crippen LogP contribution >= 0.6 is 12.4 Å². The first kappa shape index (κ1) is 19.1. The first-order valence-corrected chi connectivity index (χ1v) is 9.09. The SMILES string of the molecule is COC1CCN(S(=O)(=O)c2cccc3cnccc23)C(CN)C1.Cl. The second kappa shape index (κ2) is 7.76. The molecule has 0 amide bonds. The number of hydrogen-bond donors (Lipinski definition) is 1. The molecule has 24 heavy (non-hydrogen) atoms. The number of ether oxygens (including phenoxy) is 1. The highest BCUT2D eigenvalue weighted by molar-refractivity contribution is 7.89. The van der Waals surface area contributed by atoms with Gasteiger partial charge in [-0.25, -0.2) is 8.42 Å². The van der Waals surface area contributed by atoms with Crippen LogP contribution in [0.4, 0.5) is 0 Å². The van der Waals surface area contributed by atoms with Crippen molar-refractivity contribution in [3.63, 3.8) is 0 Å². The van der Waals surface area contributed by atoms with Crippen LogP contribution in [0.2, 0.25) is 0 Å². The van der Waals surface area contributed by atoms with Crippen LogP contribution in [0.1, 0.15) is 12.8 Å². The molecule has 1 aromatic carbocycles. The van der Waals surface area contributed by atoms with Gasteiger partial charge in [-0.05, 0) is 25.0 Å². The number of halogens is 1. The number of pyridine rings is 1. The second-order valence-corrected chi connectivity index (χ2v) is 7.60. The van der Waals surface area contributed by atoms with Crippen LogP contribution in [-0.2, 0) is 14.8 Å². The van der Waals surface area contributed by atoms with E-state index in [1.54, 1.807) is 37.7 Å². The molecule has 0 spiro atoms. The minimum absolute atomic E-state index is 0. The van der Waals surface area contributed by atoms with Crippen molar-refractivity contribution in [1.29, 1.82) is 0 Å². The van der Waals surface area contributed by atoms with E-state index in [0.717, 1.165) is 5.39 Å². The lowest BCUT2D eigenvalue weighted by atomic mass is 10.0. The van der Waals surface area contributed by atoms with Crippen LogP contribution in [0.25, 0.3) is 10.8 Å². The van der Waals surface area contributed by atoms with E-state index in [-0.39, 0.29) is 31.1 Å². The Morgan fingerprint density at radius 3 is 2.88 bits per heavy atom. The first-order valence-electron chi connectivity index (χ1n) is 7.65. The largest absolute Gasteiger partial charge is 0.381 e. The van der Waals surface area contributed by atoms with Gasteiger partial charge < -0.3 is 10.5 Å². The Bertz CT molecular complexity index is 795. The zero-order chi connectivity index (χ0) is 16.4. The number of nitrogens with two attached hydrogens (primary N) is 1. The molecule has 0 bridgehead atoms. The summed E-state index contributed by atoms with van der Waals surface area (Å²) in [5, 5.41) is 1.50. The molecular formula is C16H22ClN3O3S. The third-order valence-electron chi connectivity index (χ3n) is 4.45. The van der Waals surface area contributed by atoms with E-state index < -0.39 is 10.0 Å².